The molecule has 0 saturated heterocycles. The van der Waals surface area contributed by atoms with Crippen LogP contribution in [0.25, 0.3) is 0 Å². The zero-order chi connectivity index (χ0) is 15.1. The largest absolute Gasteiger partial charge is 0.345 e. The first kappa shape index (κ1) is 16.1. The number of non-ortho nitro benzene ring substituents is 1. The Balaban J connectivity index is 2.73. The van der Waals surface area contributed by atoms with Gasteiger partial charge in [0.1, 0.15) is 0 Å². The molecular weight excluding hydrogens is 258 g/mol. The van der Waals surface area contributed by atoms with Crippen LogP contribution in [0.2, 0.25) is 0 Å². The summed E-state index contributed by atoms with van der Waals surface area (Å²) in [6.07, 6.45) is 0.875. The van der Waals surface area contributed by atoms with Crippen LogP contribution < -0.4 is 5.32 Å². The molecule has 1 rings (SSSR count). The summed E-state index contributed by atoms with van der Waals surface area (Å²) >= 11 is 0. The molecule has 0 radical (unpaired) electrons. The summed E-state index contributed by atoms with van der Waals surface area (Å²) in [6, 6.07) is 6.25. The van der Waals surface area contributed by atoms with Gasteiger partial charge in [-0.2, -0.15) is 0 Å². The Bertz CT molecular complexity index is 476. The highest BCUT2D eigenvalue weighted by atomic mass is 16.6. The summed E-state index contributed by atoms with van der Waals surface area (Å²) < 4.78 is 0. The van der Waals surface area contributed by atoms with Crippen molar-refractivity contribution < 1.29 is 9.72 Å². The Hall–Kier alpha value is -1.95. The van der Waals surface area contributed by atoms with Crippen molar-refractivity contribution in [2.45, 2.75) is 19.3 Å². The predicted octanol–water partition coefficient (Wildman–Crippen LogP) is 1.77. The Labute approximate surface area is 118 Å². The molecule has 110 valence electrons. The number of carbonyl (C=O) groups excluding carboxylic acids is 1. The van der Waals surface area contributed by atoms with Crippen molar-refractivity contribution in [3.05, 3.63) is 39.9 Å². The minimum atomic E-state index is -0.447. The van der Waals surface area contributed by atoms with E-state index in [1.807, 2.05) is 7.05 Å². The molecular formula is C14H21N3O3. The van der Waals surface area contributed by atoms with Gasteiger partial charge < -0.3 is 10.2 Å². The normalized spacial score (nSPS) is 11.9. The van der Waals surface area contributed by atoms with Crippen LogP contribution in [0.3, 0.4) is 0 Å². The monoisotopic (exact) mass is 279 g/mol. The van der Waals surface area contributed by atoms with Crippen LogP contribution >= 0.6 is 0 Å². The number of nitrogens with zero attached hydrogens (tertiary/aromatic N) is 2. The van der Waals surface area contributed by atoms with E-state index >= 15 is 0 Å². The molecule has 0 saturated carbocycles. The minimum Gasteiger partial charge on any atom is -0.345 e. The Morgan fingerprint density at radius 1 is 1.50 bits per heavy atom. The maximum atomic E-state index is 12.3. The van der Waals surface area contributed by atoms with Gasteiger partial charge in [-0.05, 0) is 32.5 Å². The lowest BCUT2D eigenvalue weighted by molar-refractivity contribution is -0.384. The molecule has 0 heterocycles. The van der Waals surface area contributed by atoms with Gasteiger partial charge in [0.2, 0.25) is 5.91 Å². The Morgan fingerprint density at radius 3 is 2.80 bits per heavy atom. The first-order valence-electron chi connectivity index (χ1n) is 6.61. The van der Waals surface area contributed by atoms with E-state index in [0.717, 1.165) is 13.0 Å². The zero-order valence-electron chi connectivity index (χ0n) is 12.1. The predicted molar refractivity (Wildman–Crippen MR) is 77.7 cm³/mol. The van der Waals surface area contributed by atoms with E-state index in [4.69, 9.17) is 0 Å². The molecule has 0 aromatic heterocycles. The molecule has 0 spiro atoms. The van der Waals surface area contributed by atoms with E-state index in [-0.39, 0.29) is 17.5 Å². The summed E-state index contributed by atoms with van der Waals surface area (Å²) in [5.41, 5.74) is 0.685. The van der Waals surface area contributed by atoms with Crippen molar-refractivity contribution in [2.24, 2.45) is 0 Å². The molecule has 0 aliphatic rings. The molecule has 6 nitrogen and oxygen atoms in total. The lowest BCUT2D eigenvalue weighted by Gasteiger charge is -2.21. The van der Waals surface area contributed by atoms with Crippen LogP contribution in [0, 0.1) is 10.1 Å². The number of nitro groups is 1. The van der Waals surface area contributed by atoms with Gasteiger partial charge in [0.25, 0.3) is 5.69 Å². The van der Waals surface area contributed by atoms with Crippen molar-refractivity contribution in [1.82, 2.24) is 10.2 Å². The van der Waals surface area contributed by atoms with E-state index in [1.54, 1.807) is 31.0 Å². The summed E-state index contributed by atoms with van der Waals surface area (Å²) in [6.45, 7) is 3.29. The number of carbonyl (C=O) groups is 1. The van der Waals surface area contributed by atoms with E-state index in [2.05, 4.69) is 5.32 Å². The molecule has 1 aromatic carbocycles. The highest BCUT2D eigenvalue weighted by Crippen LogP contribution is 2.22. The summed E-state index contributed by atoms with van der Waals surface area (Å²) in [5.74, 6) is -0.406. The summed E-state index contributed by atoms with van der Waals surface area (Å²) in [5, 5.41) is 13.8. The second kappa shape index (κ2) is 7.59. The molecule has 1 aromatic rings. The second-order valence-corrected chi connectivity index (χ2v) is 4.79. The van der Waals surface area contributed by atoms with Crippen LogP contribution in [0.15, 0.2) is 24.3 Å². The third kappa shape index (κ3) is 4.31. The van der Waals surface area contributed by atoms with Crippen LogP contribution in [0.4, 0.5) is 5.69 Å². The number of nitro benzene ring substituents is 1. The molecule has 0 aliphatic heterocycles. The van der Waals surface area contributed by atoms with Gasteiger partial charge in [-0.1, -0.05) is 12.1 Å². The number of nitrogens with one attached hydrogen (secondary N) is 1. The van der Waals surface area contributed by atoms with Gasteiger partial charge in [0, 0.05) is 25.7 Å². The number of rotatable bonds is 7. The molecule has 0 aliphatic carbocycles. The Kier molecular flexibility index (Phi) is 6.11. The van der Waals surface area contributed by atoms with Crippen LogP contribution in [0.1, 0.15) is 24.8 Å². The lowest BCUT2D eigenvalue weighted by atomic mass is 9.99. The molecule has 20 heavy (non-hydrogen) atoms. The molecule has 0 bridgehead atoms. The topological polar surface area (TPSA) is 75.5 Å². The molecule has 1 amide bonds. The molecule has 6 heteroatoms. The molecule has 0 fully saturated rings. The standard InChI is InChI=1S/C14H21N3O3/c1-11(14(18)16(3)9-5-8-15-2)12-6-4-7-13(10-12)17(19)20/h4,6-7,10-11,15H,5,8-9H2,1-3H3. The zero-order valence-corrected chi connectivity index (χ0v) is 12.1. The van der Waals surface area contributed by atoms with Gasteiger partial charge in [-0.3, -0.25) is 14.9 Å². The number of benzene rings is 1. The SMILES string of the molecule is CNCCCN(C)C(=O)C(C)c1cccc([N+](=O)[O-])c1. The summed E-state index contributed by atoms with van der Waals surface area (Å²) in [4.78, 5) is 24.2. The Morgan fingerprint density at radius 2 is 2.20 bits per heavy atom. The molecule has 1 atom stereocenters. The van der Waals surface area contributed by atoms with Crippen LogP contribution in [-0.2, 0) is 4.79 Å². The maximum Gasteiger partial charge on any atom is 0.269 e. The summed E-state index contributed by atoms with van der Waals surface area (Å²) in [7, 11) is 3.62. The fraction of sp³-hybridized carbons (Fsp3) is 0.500. The van der Waals surface area contributed by atoms with Gasteiger partial charge in [-0.25, -0.2) is 0 Å². The van der Waals surface area contributed by atoms with Gasteiger partial charge in [-0.15, -0.1) is 0 Å². The van der Waals surface area contributed by atoms with E-state index < -0.39 is 4.92 Å². The number of likely N-dealkylation sites (N-methyl/N-ethyl adjacent to an activating group) is 1. The minimum absolute atomic E-state index is 0.0139. The highest BCUT2D eigenvalue weighted by Gasteiger charge is 2.20. The third-order valence-electron chi connectivity index (χ3n) is 3.25. The van der Waals surface area contributed by atoms with Crippen molar-refractivity contribution in [3.63, 3.8) is 0 Å². The molecule has 1 N–H and O–H groups in total. The van der Waals surface area contributed by atoms with Crippen LogP contribution in [0.5, 0.6) is 0 Å². The van der Waals surface area contributed by atoms with Crippen molar-refractivity contribution >= 4 is 11.6 Å². The smallest absolute Gasteiger partial charge is 0.269 e. The first-order chi connectivity index (χ1) is 9.47. The third-order valence-corrected chi connectivity index (χ3v) is 3.25. The fourth-order valence-electron chi connectivity index (χ4n) is 1.98. The van der Waals surface area contributed by atoms with E-state index in [1.165, 1.54) is 12.1 Å². The number of amides is 1. The lowest BCUT2D eigenvalue weighted by Crippen LogP contribution is -2.32. The van der Waals surface area contributed by atoms with Gasteiger partial charge in [0.05, 0.1) is 10.8 Å². The molecule has 1 unspecified atom stereocenters. The number of hydrogen-bond donors (Lipinski definition) is 1. The second-order valence-electron chi connectivity index (χ2n) is 4.79. The van der Waals surface area contributed by atoms with Crippen molar-refractivity contribution in [2.75, 3.05) is 27.2 Å². The van der Waals surface area contributed by atoms with E-state index in [9.17, 15) is 14.9 Å². The first-order valence-corrected chi connectivity index (χ1v) is 6.61. The maximum absolute atomic E-state index is 12.3. The van der Waals surface area contributed by atoms with Gasteiger partial charge in [0.15, 0.2) is 0 Å². The number of hydrogen-bond acceptors (Lipinski definition) is 4. The quantitative estimate of drug-likeness (QED) is 0.469. The van der Waals surface area contributed by atoms with Crippen LogP contribution in [-0.4, -0.2) is 42.9 Å². The van der Waals surface area contributed by atoms with Gasteiger partial charge >= 0.3 is 0 Å². The van der Waals surface area contributed by atoms with E-state index in [0.29, 0.717) is 12.1 Å². The fourth-order valence-corrected chi connectivity index (χ4v) is 1.98. The highest BCUT2D eigenvalue weighted by molar-refractivity contribution is 5.83. The van der Waals surface area contributed by atoms with Crippen molar-refractivity contribution in [3.8, 4) is 0 Å². The average Bonchev–Trinajstić information content (AvgIpc) is 2.45. The van der Waals surface area contributed by atoms with Crippen molar-refractivity contribution in [1.29, 1.82) is 0 Å². The average molecular weight is 279 g/mol.